The molecule has 6 heteroatoms. The van der Waals surface area contributed by atoms with Crippen LogP contribution in [0.3, 0.4) is 0 Å². The van der Waals surface area contributed by atoms with E-state index in [1.807, 2.05) is 6.92 Å². The van der Waals surface area contributed by atoms with Crippen molar-refractivity contribution in [2.24, 2.45) is 0 Å². The number of carbonyl (C=O) groups excluding carboxylic acids is 2. The Labute approximate surface area is 138 Å². The maximum absolute atomic E-state index is 13.1. The van der Waals surface area contributed by atoms with E-state index in [-0.39, 0.29) is 16.9 Å². The second-order valence-corrected chi connectivity index (χ2v) is 5.51. The number of carbonyl (C=O) groups is 2. The normalized spacial score (nSPS) is 19.9. The smallest absolute Gasteiger partial charge is 0.295 e. The Morgan fingerprint density at radius 2 is 1.96 bits per heavy atom. The Morgan fingerprint density at radius 3 is 2.54 bits per heavy atom. The van der Waals surface area contributed by atoms with E-state index >= 15 is 0 Å². The number of nitrogens with zero attached hydrogens (tertiary/aromatic N) is 1. The third-order valence-corrected chi connectivity index (χ3v) is 3.93. The van der Waals surface area contributed by atoms with Gasteiger partial charge in [0, 0.05) is 12.1 Å². The molecule has 3 rings (SSSR count). The SMILES string of the molecule is CCCN1C(=O)C(=O)/C(=C(\O)c2ccc(F)cc2)C1c1ccco1. The van der Waals surface area contributed by atoms with Crippen LogP contribution in [0.1, 0.15) is 30.7 Å². The summed E-state index contributed by atoms with van der Waals surface area (Å²) in [6.07, 6.45) is 2.10. The van der Waals surface area contributed by atoms with Crippen LogP contribution in [0.5, 0.6) is 0 Å². The van der Waals surface area contributed by atoms with Crippen molar-refractivity contribution in [3.63, 3.8) is 0 Å². The lowest BCUT2D eigenvalue weighted by molar-refractivity contribution is -0.140. The molecule has 1 aliphatic rings. The molecule has 1 N–H and O–H groups in total. The van der Waals surface area contributed by atoms with Crippen molar-refractivity contribution in [3.8, 4) is 0 Å². The van der Waals surface area contributed by atoms with Gasteiger partial charge in [-0.05, 0) is 42.8 Å². The van der Waals surface area contributed by atoms with Gasteiger partial charge in [-0.25, -0.2) is 4.39 Å². The first kappa shape index (κ1) is 16.0. The molecule has 0 spiro atoms. The number of ketones is 1. The van der Waals surface area contributed by atoms with Gasteiger partial charge in [-0.1, -0.05) is 6.92 Å². The van der Waals surface area contributed by atoms with Crippen LogP contribution in [0.2, 0.25) is 0 Å². The fourth-order valence-electron chi connectivity index (χ4n) is 2.86. The molecular formula is C18H16FNO4. The molecule has 124 valence electrons. The molecule has 2 aromatic rings. The number of aliphatic hydroxyl groups excluding tert-OH is 1. The highest BCUT2D eigenvalue weighted by atomic mass is 19.1. The number of furan rings is 1. The number of Topliss-reactive ketones (excluding diaryl/α,β-unsaturated/α-hetero) is 1. The summed E-state index contributed by atoms with van der Waals surface area (Å²) in [5.41, 5.74) is 0.220. The number of halogens is 1. The first-order chi connectivity index (χ1) is 11.5. The standard InChI is InChI=1S/C18H16FNO4/c1-2-9-20-15(13-4-3-10-24-13)14(17(22)18(20)23)16(21)11-5-7-12(19)8-6-11/h3-8,10,15,21H,2,9H2,1H3/b16-14-. The fourth-order valence-corrected chi connectivity index (χ4v) is 2.86. The van der Waals surface area contributed by atoms with Crippen LogP contribution < -0.4 is 0 Å². The summed E-state index contributed by atoms with van der Waals surface area (Å²) in [6, 6.07) is 7.59. The van der Waals surface area contributed by atoms with E-state index in [9.17, 15) is 19.1 Å². The van der Waals surface area contributed by atoms with Gasteiger partial charge < -0.3 is 14.4 Å². The van der Waals surface area contributed by atoms with E-state index in [0.29, 0.717) is 18.7 Å². The zero-order valence-corrected chi connectivity index (χ0v) is 13.0. The molecule has 1 aliphatic heterocycles. The largest absolute Gasteiger partial charge is 0.507 e. The van der Waals surface area contributed by atoms with Gasteiger partial charge in [0.1, 0.15) is 23.4 Å². The summed E-state index contributed by atoms with van der Waals surface area (Å²) in [6.45, 7) is 2.24. The minimum Gasteiger partial charge on any atom is -0.507 e. The Bertz CT molecular complexity index is 793. The number of hydrogen-bond donors (Lipinski definition) is 1. The molecule has 0 saturated carbocycles. The van der Waals surface area contributed by atoms with Crippen LogP contribution in [0.4, 0.5) is 4.39 Å². The summed E-state index contributed by atoms with van der Waals surface area (Å²) in [5.74, 6) is -1.85. The monoisotopic (exact) mass is 329 g/mol. The number of likely N-dealkylation sites (tertiary alicyclic amines) is 1. The lowest BCUT2D eigenvalue weighted by Gasteiger charge is -2.22. The number of amides is 1. The molecule has 1 unspecified atom stereocenters. The molecule has 0 aliphatic carbocycles. The Hall–Kier alpha value is -2.89. The Kier molecular flexibility index (Phi) is 4.20. The van der Waals surface area contributed by atoms with Crippen LogP contribution in [0.25, 0.3) is 5.76 Å². The Morgan fingerprint density at radius 1 is 1.25 bits per heavy atom. The van der Waals surface area contributed by atoms with Gasteiger partial charge in [-0.3, -0.25) is 9.59 Å². The van der Waals surface area contributed by atoms with Crippen molar-refractivity contribution in [2.75, 3.05) is 6.54 Å². The van der Waals surface area contributed by atoms with Crippen molar-refractivity contribution < 1.29 is 23.5 Å². The van der Waals surface area contributed by atoms with Crippen LogP contribution in [0, 0.1) is 5.82 Å². The van der Waals surface area contributed by atoms with Gasteiger partial charge in [-0.2, -0.15) is 0 Å². The quantitative estimate of drug-likeness (QED) is 0.531. The average molecular weight is 329 g/mol. The molecule has 0 bridgehead atoms. The topological polar surface area (TPSA) is 70.8 Å². The molecular weight excluding hydrogens is 313 g/mol. The second kappa shape index (κ2) is 6.31. The fraction of sp³-hybridized carbons (Fsp3) is 0.222. The highest BCUT2D eigenvalue weighted by Crippen LogP contribution is 2.39. The summed E-state index contributed by atoms with van der Waals surface area (Å²) >= 11 is 0. The first-order valence-corrected chi connectivity index (χ1v) is 7.62. The van der Waals surface area contributed by atoms with Crippen LogP contribution in [-0.2, 0) is 9.59 Å². The molecule has 24 heavy (non-hydrogen) atoms. The van der Waals surface area contributed by atoms with Crippen LogP contribution in [0.15, 0.2) is 52.7 Å². The van der Waals surface area contributed by atoms with Gasteiger partial charge in [0.2, 0.25) is 0 Å². The third kappa shape index (κ3) is 2.60. The van der Waals surface area contributed by atoms with E-state index in [2.05, 4.69) is 0 Å². The van der Waals surface area contributed by atoms with Crippen molar-refractivity contribution in [2.45, 2.75) is 19.4 Å². The lowest BCUT2D eigenvalue weighted by Crippen LogP contribution is -2.30. The van der Waals surface area contributed by atoms with E-state index in [4.69, 9.17) is 4.42 Å². The minimum atomic E-state index is -0.787. The Balaban J connectivity index is 2.15. The van der Waals surface area contributed by atoms with Crippen molar-refractivity contribution in [3.05, 3.63) is 65.4 Å². The highest BCUT2D eigenvalue weighted by molar-refractivity contribution is 6.46. The maximum atomic E-state index is 13.1. The summed E-state index contributed by atoms with van der Waals surface area (Å²) in [5, 5.41) is 10.6. The lowest BCUT2D eigenvalue weighted by atomic mass is 9.99. The molecule has 1 aromatic carbocycles. The van der Waals surface area contributed by atoms with E-state index in [0.717, 1.165) is 0 Å². The van der Waals surface area contributed by atoms with Gasteiger partial charge in [-0.15, -0.1) is 0 Å². The van der Waals surface area contributed by atoms with E-state index in [1.54, 1.807) is 12.1 Å². The summed E-state index contributed by atoms with van der Waals surface area (Å²) in [7, 11) is 0. The molecule has 1 fully saturated rings. The molecule has 2 heterocycles. The molecule has 1 aromatic heterocycles. The second-order valence-electron chi connectivity index (χ2n) is 5.51. The zero-order valence-electron chi connectivity index (χ0n) is 13.0. The minimum absolute atomic E-state index is 0.0463. The summed E-state index contributed by atoms with van der Waals surface area (Å²) < 4.78 is 18.5. The molecule has 5 nitrogen and oxygen atoms in total. The zero-order chi connectivity index (χ0) is 17.3. The molecule has 1 atom stereocenters. The van der Waals surface area contributed by atoms with E-state index in [1.165, 1.54) is 35.4 Å². The van der Waals surface area contributed by atoms with Crippen molar-refractivity contribution in [1.29, 1.82) is 0 Å². The van der Waals surface area contributed by atoms with Gasteiger partial charge in [0.05, 0.1) is 11.8 Å². The molecule has 1 amide bonds. The predicted molar refractivity (Wildman–Crippen MR) is 84.4 cm³/mol. The van der Waals surface area contributed by atoms with Crippen LogP contribution >= 0.6 is 0 Å². The summed E-state index contributed by atoms with van der Waals surface area (Å²) in [4.78, 5) is 26.2. The third-order valence-electron chi connectivity index (χ3n) is 3.93. The number of hydrogen-bond acceptors (Lipinski definition) is 4. The molecule has 0 radical (unpaired) electrons. The number of benzene rings is 1. The molecule has 1 saturated heterocycles. The number of rotatable bonds is 4. The van der Waals surface area contributed by atoms with Crippen molar-refractivity contribution >= 4 is 17.4 Å². The van der Waals surface area contributed by atoms with Gasteiger partial charge in [0.25, 0.3) is 11.7 Å². The average Bonchev–Trinajstić information content (AvgIpc) is 3.18. The predicted octanol–water partition coefficient (Wildman–Crippen LogP) is 3.25. The van der Waals surface area contributed by atoms with Crippen LogP contribution in [-0.4, -0.2) is 28.2 Å². The highest BCUT2D eigenvalue weighted by Gasteiger charge is 2.46. The van der Waals surface area contributed by atoms with Crippen molar-refractivity contribution in [1.82, 2.24) is 4.90 Å². The number of aliphatic hydroxyl groups is 1. The maximum Gasteiger partial charge on any atom is 0.295 e. The van der Waals surface area contributed by atoms with E-state index < -0.39 is 23.5 Å². The van der Waals surface area contributed by atoms with Gasteiger partial charge >= 0.3 is 0 Å². The van der Waals surface area contributed by atoms with Gasteiger partial charge in [0.15, 0.2) is 0 Å². The first-order valence-electron chi connectivity index (χ1n) is 7.62.